The summed E-state index contributed by atoms with van der Waals surface area (Å²) in [6, 6.07) is 8.71. The molecule has 2 atom stereocenters. The number of alkyl halides is 3. The van der Waals surface area contributed by atoms with Crippen molar-refractivity contribution in [2.75, 3.05) is 11.4 Å². The molecule has 3 aromatic rings. The lowest BCUT2D eigenvalue weighted by molar-refractivity contribution is -0.139. The number of carboxylic acid groups (broad SMARTS) is 1. The van der Waals surface area contributed by atoms with Crippen LogP contribution in [0.5, 0.6) is 0 Å². The van der Waals surface area contributed by atoms with E-state index in [1.165, 1.54) is 19.1 Å². The first-order valence-electron chi connectivity index (χ1n) is 11.5. The predicted molar refractivity (Wildman–Crippen MR) is 133 cm³/mol. The normalized spacial score (nSPS) is 15.4. The predicted octanol–water partition coefficient (Wildman–Crippen LogP) is 5.25. The van der Waals surface area contributed by atoms with Crippen LogP contribution in [0.2, 0.25) is 0 Å². The molecule has 1 aromatic heterocycles. The number of nitrogens with zero attached hydrogens (tertiary/aromatic N) is 2. The SMILES string of the molecule is C=CC(c1ccc2c(c1)CCN2C(C)=O)S(=O)(=O)n1c(C(CC)C(=O)O)cc2cc(C(F)(F)F)ccc21. The number of carbonyl (C=O) groups is 2. The number of carbonyl (C=O) groups excluding carboxylic acids is 1. The Bertz CT molecular complexity index is 1520. The summed E-state index contributed by atoms with van der Waals surface area (Å²) in [5, 5.41) is 8.41. The van der Waals surface area contributed by atoms with Gasteiger partial charge in [0, 0.05) is 30.2 Å². The Morgan fingerprint density at radius 2 is 1.86 bits per heavy atom. The molecule has 0 radical (unpaired) electrons. The van der Waals surface area contributed by atoms with Crippen LogP contribution in [0.25, 0.3) is 10.9 Å². The zero-order valence-electron chi connectivity index (χ0n) is 20.1. The maximum Gasteiger partial charge on any atom is 0.416 e. The smallest absolute Gasteiger partial charge is 0.416 e. The van der Waals surface area contributed by atoms with E-state index in [4.69, 9.17) is 0 Å². The van der Waals surface area contributed by atoms with Crippen molar-refractivity contribution in [1.29, 1.82) is 0 Å². The summed E-state index contributed by atoms with van der Waals surface area (Å²) in [6.45, 7) is 7.14. The number of aromatic nitrogens is 1. The van der Waals surface area contributed by atoms with Crippen LogP contribution in [0.3, 0.4) is 0 Å². The molecule has 1 amide bonds. The number of amides is 1. The molecule has 1 aliphatic rings. The molecular weight excluding hydrogens is 509 g/mol. The zero-order chi connectivity index (χ0) is 27.3. The van der Waals surface area contributed by atoms with Crippen molar-refractivity contribution in [3.05, 3.63) is 77.5 Å². The van der Waals surface area contributed by atoms with Crippen LogP contribution in [0.4, 0.5) is 18.9 Å². The standard InChI is InChI=1S/C26H25F3N2O5S/c1-4-20(25(33)34)23-14-18-13-19(26(27,28)29)7-9-22(18)31(23)37(35,36)24(5-2)17-6-8-21-16(12-17)10-11-30(21)15(3)32/h5-9,12-14,20,24H,2,4,10-11H2,1,3H3,(H,33,34). The van der Waals surface area contributed by atoms with Gasteiger partial charge in [-0.05, 0) is 54.3 Å². The van der Waals surface area contributed by atoms with Crippen LogP contribution < -0.4 is 4.90 Å². The number of rotatable bonds is 7. The summed E-state index contributed by atoms with van der Waals surface area (Å²) in [4.78, 5) is 25.5. The molecule has 0 saturated heterocycles. The van der Waals surface area contributed by atoms with Gasteiger partial charge < -0.3 is 10.0 Å². The number of benzene rings is 2. The van der Waals surface area contributed by atoms with E-state index in [9.17, 15) is 36.3 Å². The van der Waals surface area contributed by atoms with Crippen LogP contribution in [0.1, 0.15) is 53.8 Å². The largest absolute Gasteiger partial charge is 0.481 e. The second-order valence-electron chi connectivity index (χ2n) is 8.91. The van der Waals surface area contributed by atoms with Gasteiger partial charge in [0.1, 0.15) is 5.25 Å². The van der Waals surface area contributed by atoms with E-state index in [0.29, 0.717) is 24.2 Å². The molecule has 7 nitrogen and oxygen atoms in total. The first-order valence-corrected chi connectivity index (χ1v) is 13.0. The fourth-order valence-corrected chi connectivity index (χ4v) is 6.77. The van der Waals surface area contributed by atoms with Gasteiger partial charge in [-0.2, -0.15) is 13.2 Å². The van der Waals surface area contributed by atoms with E-state index >= 15 is 0 Å². The third-order valence-electron chi connectivity index (χ3n) is 6.67. The van der Waals surface area contributed by atoms with Gasteiger partial charge >= 0.3 is 12.1 Å². The number of hydrogen-bond acceptors (Lipinski definition) is 4. The van der Waals surface area contributed by atoms with Gasteiger partial charge in [-0.25, -0.2) is 12.4 Å². The first-order chi connectivity index (χ1) is 17.3. The van der Waals surface area contributed by atoms with Crippen molar-refractivity contribution >= 4 is 38.5 Å². The Kier molecular flexibility index (Phi) is 6.70. The van der Waals surface area contributed by atoms with E-state index in [1.54, 1.807) is 30.0 Å². The highest BCUT2D eigenvalue weighted by Crippen LogP contribution is 2.39. The lowest BCUT2D eigenvalue weighted by Crippen LogP contribution is -2.26. The molecule has 2 aromatic carbocycles. The summed E-state index contributed by atoms with van der Waals surface area (Å²) in [5.41, 5.74) is 0.637. The Balaban J connectivity index is 1.92. The van der Waals surface area contributed by atoms with Crippen molar-refractivity contribution in [3.63, 3.8) is 0 Å². The molecule has 1 aliphatic heterocycles. The highest BCUT2D eigenvalue weighted by atomic mass is 32.2. The Morgan fingerprint density at radius 1 is 1.16 bits per heavy atom. The van der Waals surface area contributed by atoms with Crippen LogP contribution in [-0.2, 0) is 32.2 Å². The van der Waals surface area contributed by atoms with E-state index in [-0.39, 0.29) is 28.9 Å². The van der Waals surface area contributed by atoms with Gasteiger partial charge in [0.15, 0.2) is 0 Å². The molecule has 0 spiro atoms. The molecule has 0 fully saturated rings. The highest BCUT2D eigenvalue weighted by Gasteiger charge is 2.36. The first kappa shape index (κ1) is 26.5. The lowest BCUT2D eigenvalue weighted by atomic mass is 10.0. The van der Waals surface area contributed by atoms with Crippen molar-refractivity contribution in [3.8, 4) is 0 Å². The molecule has 1 N–H and O–H groups in total. The highest BCUT2D eigenvalue weighted by molar-refractivity contribution is 7.90. The third-order valence-corrected chi connectivity index (χ3v) is 8.69. The topological polar surface area (TPSA) is 96.7 Å². The molecule has 0 saturated carbocycles. The molecule has 2 heterocycles. The average Bonchev–Trinajstić information content (AvgIpc) is 3.40. The molecule has 2 unspecified atom stereocenters. The number of fused-ring (bicyclic) bond motifs is 2. The fraction of sp³-hybridized carbons (Fsp3) is 0.308. The monoisotopic (exact) mass is 534 g/mol. The van der Waals surface area contributed by atoms with Gasteiger partial charge in [-0.3, -0.25) is 9.59 Å². The fourth-order valence-electron chi connectivity index (χ4n) is 4.89. The number of halogens is 3. The maximum absolute atomic E-state index is 14.1. The van der Waals surface area contributed by atoms with Crippen molar-refractivity contribution in [2.24, 2.45) is 0 Å². The van der Waals surface area contributed by atoms with Gasteiger partial charge in [0.2, 0.25) is 15.9 Å². The van der Waals surface area contributed by atoms with Gasteiger partial charge in [0.25, 0.3) is 0 Å². The van der Waals surface area contributed by atoms with E-state index in [0.717, 1.165) is 27.7 Å². The second kappa shape index (κ2) is 9.37. The molecular formula is C26H25F3N2O5S. The van der Waals surface area contributed by atoms with Crippen LogP contribution in [0.15, 0.2) is 55.1 Å². The second-order valence-corrected chi connectivity index (χ2v) is 10.8. The Hall–Kier alpha value is -3.60. The quantitative estimate of drug-likeness (QED) is 0.418. The molecule has 11 heteroatoms. The van der Waals surface area contributed by atoms with Crippen LogP contribution in [0, 0.1) is 0 Å². The summed E-state index contributed by atoms with van der Waals surface area (Å²) in [5.74, 6) is -2.71. The number of anilines is 1. The van der Waals surface area contributed by atoms with Crippen molar-refractivity contribution in [2.45, 2.75) is 44.0 Å². The zero-order valence-corrected chi connectivity index (χ0v) is 20.9. The summed E-state index contributed by atoms with van der Waals surface area (Å²) >= 11 is 0. The van der Waals surface area contributed by atoms with Gasteiger partial charge in [0.05, 0.1) is 17.0 Å². The number of aliphatic carboxylic acids is 1. The summed E-state index contributed by atoms with van der Waals surface area (Å²) < 4.78 is 69.0. The Labute approximate surface area is 211 Å². The minimum atomic E-state index is -4.66. The minimum Gasteiger partial charge on any atom is -0.481 e. The molecule has 37 heavy (non-hydrogen) atoms. The van der Waals surface area contributed by atoms with Crippen LogP contribution in [-0.4, -0.2) is 35.9 Å². The average molecular weight is 535 g/mol. The van der Waals surface area contributed by atoms with Gasteiger partial charge in [-0.15, -0.1) is 6.58 Å². The summed E-state index contributed by atoms with van der Waals surface area (Å²) in [6.07, 6.45) is -2.91. The van der Waals surface area contributed by atoms with E-state index in [1.807, 2.05) is 0 Å². The minimum absolute atomic E-state index is 0.0196. The maximum atomic E-state index is 14.1. The lowest BCUT2D eigenvalue weighted by Gasteiger charge is -2.22. The molecule has 0 bridgehead atoms. The summed E-state index contributed by atoms with van der Waals surface area (Å²) in [7, 11) is -4.43. The van der Waals surface area contributed by atoms with Gasteiger partial charge in [-0.1, -0.05) is 25.1 Å². The van der Waals surface area contributed by atoms with E-state index < -0.39 is 38.9 Å². The number of hydrogen-bond donors (Lipinski definition) is 1. The third kappa shape index (κ3) is 4.52. The van der Waals surface area contributed by atoms with Crippen molar-refractivity contribution < 1.29 is 36.3 Å². The number of carboxylic acids is 1. The Morgan fingerprint density at radius 3 is 2.43 bits per heavy atom. The molecule has 0 aliphatic carbocycles. The molecule has 4 rings (SSSR count). The van der Waals surface area contributed by atoms with Crippen molar-refractivity contribution in [1.82, 2.24) is 3.97 Å². The van der Waals surface area contributed by atoms with Crippen LogP contribution >= 0.6 is 0 Å². The van der Waals surface area contributed by atoms with E-state index in [2.05, 4.69) is 6.58 Å². The molecule has 196 valence electrons.